The van der Waals surface area contributed by atoms with E-state index in [1.54, 1.807) is 24.3 Å². The van der Waals surface area contributed by atoms with E-state index in [0.717, 1.165) is 32.7 Å². The van der Waals surface area contributed by atoms with E-state index in [9.17, 15) is 4.79 Å². The lowest BCUT2D eigenvalue weighted by Gasteiger charge is -2.34. The second kappa shape index (κ2) is 8.27. The highest BCUT2D eigenvalue weighted by Gasteiger charge is 2.21. The average Bonchev–Trinajstić information content (AvgIpc) is 2.69. The molecule has 0 aromatic heterocycles. The van der Waals surface area contributed by atoms with Gasteiger partial charge in [-0.05, 0) is 29.8 Å². The zero-order valence-electron chi connectivity index (χ0n) is 14.1. The predicted octanol–water partition coefficient (Wildman–Crippen LogP) is 3.03. The summed E-state index contributed by atoms with van der Waals surface area (Å²) >= 11 is 0. The minimum absolute atomic E-state index is 0.0453. The molecule has 2 aromatic carbocycles. The van der Waals surface area contributed by atoms with E-state index in [-0.39, 0.29) is 5.91 Å². The smallest absolute Gasteiger partial charge is 0.253 e. The van der Waals surface area contributed by atoms with E-state index in [2.05, 4.69) is 35.3 Å². The number of nitriles is 1. The lowest BCUT2D eigenvalue weighted by atomic mass is 10.1. The highest BCUT2D eigenvalue weighted by atomic mass is 16.2. The SMILES string of the molecule is N#Cc1ccc(C(=O)N2CCN(CC=Cc3ccccc3)CC2)cc1. The number of amides is 1. The van der Waals surface area contributed by atoms with Crippen molar-refractivity contribution in [3.63, 3.8) is 0 Å². The molecule has 0 atom stereocenters. The van der Waals surface area contributed by atoms with Crippen molar-refractivity contribution in [3.05, 3.63) is 77.4 Å². The van der Waals surface area contributed by atoms with Crippen LogP contribution in [0.25, 0.3) is 6.08 Å². The van der Waals surface area contributed by atoms with Crippen LogP contribution in [0.1, 0.15) is 21.5 Å². The summed E-state index contributed by atoms with van der Waals surface area (Å²) in [6.07, 6.45) is 4.31. The second-order valence-corrected chi connectivity index (χ2v) is 6.10. The molecule has 0 unspecified atom stereocenters. The zero-order valence-corrected chi connectivity index (χ0v) is 14.1. The van der Waals surface area contributed by atoms with Crippen molar-refractivity contribution in [2.24, 2.45) is 0 Å². The Morgan fingerprint density at radius 3 is 2.32 bits per heavy atom. The van der Waals surface area contributed by atoms with Gasteiger partial charge in [-0.3, -0.25) is 9.69 Å². The lowest BCUT2D eigenvalue weighted by molar-refractivity contribution is 0.0650. The van der Waals surface area contributed by atoms with Gasteiger partial charge in [-0.15, -0.1) is 0 Å². The Balaban J connectivity index is 1.48. The first kappa shape index (κ1) is 16.9. The summed E-state index contributed by atoms with van der Waals surface area (Å²) in [6.45, 7) is 4.12. The van der Waals surface area contributed by atoms with Gasteiger partial charge in [-0.25, -0.2) is 0 Å². The predicted molar refractivity (Wildman–Crippen MR) is 99.0 cm³/mol. The van der Waals surface area contributed by atoms with Crippen molar-refractivity contribution in [3.8, 4) is 6.07 Å². The van der Waals surface area contributed by atoms with Gasteiger partial charge in [0.05, 0.1) is 11.6 Å². The highest BCUT2D eigenvalue weighted by Crippen LogP contribution is 2.10. The average molecular weight is 331 g/mol. The van der Waals surface area contributed by atoms with Crippen LogP contribution in [-0.4, -0.2) is 48.4 Å². The molecule has 1 saturated heterocycles. The molecule has 126 valence electrons. The quantitative estimate of drug-likeness (QED) is 0.865. The largest absolute Gasteiger partial charge is 0.336 e. The van der Waals surface area contributed by atoms with Crippen molar-refractivity contribution >= 4 is 12.0 Å². The summed E-state index contributed by atoms with van der Waals surface area (Å²) < 4.78 is 0. The van der Waals surface area contributed by atoms with Crippen LogP contribution < -0.4 is 0 Å². The number of nitrogens with zero attached hydrogens (tertiary/aromatic N) is 3. The van der Waals surface area contributed by atoms with Gasteiger partial charge in [0.1, 0.15) is 0 Å². The number of carbonyl (C=O) groups is 1. The molecule has 4 heteroatoms. The standard InChI is InChI=1S/C21H21N3O/c22-17-19-8-10-20(11-9-19)21(25)24-15-13-23(14-16-24)12-4-7-18-5-2-1-3-6-18/h1-11H,12-16H2. The molecule has 3 rings (SSSR count). The lowest BCUT2D eigenvalue weighted by Crippen LogP contribution is -2.48. The molecule has 0 spiro atoms. The van der Waals surface area contributed by atoms with Crippen LogP contribution in [0.4, 0.5) is 0 Å². The number of piperazine rings is 1. The summed E-state index contributed by atoms with van der Waals surface area (Å²) in [6, 6.07) is 19.2. The summed E-state index contributed by atoms with van der Waals surface area (Å²) in [4.78, 5) is 16.8. The fraction of sp³-hybridized carbons (Fsp3) is 0.238. The minimum Gasteiger partial charge on any atom is -0.336 e. The van der Waals surface area contributed by atoms with Crippen LogP contribution in [0.3, 0.4) is 0 Å². The Hall–Kier alpha value is -2.90. The van der Waals surface area contributed by atoms with E-state index in [1.165, 1.54) is 5.56 Å². The number of benzene rings is 2. The molecule has 4 nitrogen and oxygen atoms in total. The van der Waals surface area contributed by atoms with Crippen LogP contribution in [0, 0.1) is 11.3 Å². The Bertz CT molecular complexity index is 767. The number of hydrogen-bond donors (Lipinski definition) is 0. The number of hydrogen-bond acceptors (Lipinski definition) is 3. The van der Waals surface area contributed by atoms with Crippen molar-refractivity contribution in [1.29, 1.82) is 5.26 Å². The van der Waals surface area contributed by atoms with Gasteiger partial charge >= 0.3 is 0 Å². The highest BCUT2D eigenvalue weighted by molar-refractivity contribution is 5.94. The van der Waals surface area contributed by atoms with E-state index >= 15 is 0 Å². The van der Waals surface area contributed by atoms with Crippen molar-refractivity contribution in [2.45, 2.75) is 0 Å². The molecule has 0 aliphatic carbocycles. The Morgan fingerprint density at radius 1 is 1.00 bits per heavy atom. The van der Waals surface area contributed by atoms with Gasteiger partial charge in [0.2, 0.25) is 0 Å². The van der Waals surface area contributed by atoms with Crippen LogP contribution >= 0.6 is 0 Å². The van der Waals surface area contributed by atoms with Crippen molar-refractivity contribution in [1.82, 2.24) is 9.80 Å². The first-order valence-electron chi connectivity index (χ1n) is 8.49. The molecule has 2 aromatic rings. The van der Waals surface area contributed by atoms with Crippen LogP contribution in [0.2, 0.25) is 0 Å². The van der Waals surface area contributed by atoms with E-state index in [0.29, 0.717) is 11.1 Å². The first-order valence-corrected chi connectivity index (χ1v) is 8.49. The number of carbonyl (C=O) groups excluding carboxylic acids is 1. The third-order valence-electron chi connectivity index (χ3n) is 4.39. The van der Waals surface area contributed by atoms with Gasteiger partial charge in [0.15, 0.2) is 0 Å². The molecule has 1 fully saturated rings. The summed E-state index contributed by atoms with van der Waals surface area (Å²) in [7, 11) is 0. The van der Waals surface area contributed by atoms with E-state index in [1.807, 2.05) is 23.1 Å². The molecule has 1 heterocycles. The normalized spacial score (nSPS) is 15.2. The molecular weight excluding hydrogens is 310 g/mol. The molecule has 25 heavy (non-hydrogen) atoms. The Labute approximate surface area is 148 Å². The van der Waals surface area contributed by atoms with Crippen LogP contribution in [0.15, 0.2) is 60.7 Å². The van der Waals surface area contributed by atoms with Crippen LogP contribution in [-0.2, 0) is 0 Å². The molecule has 0 N–H and O–H groups in total. The monoisotopic (exact) mass is 331 g/mol. The van der Waals surface area contributed by atoms with Crippen molar-refractivity contribution < 1.29 is 4.79 Å². The zero-order chi connectivity index (χ0) is 17.5. The maximum atomic E-state index is 12.5. The molecule has 1 aliphatic heterocycles. The van der Waals surface area contributed by atoms with E-state index in [4.69, 9.17) is 5.26 Å². The molecule has 0 saturated carbocycles. The van der Waals surface area contributed by atoms with Gasteiger partial charge in [0, 0.05) is 38.3 Å². The number of rotatable bonds is 4. The fourth-order valence-corrected chi connectivity index (χ4v) is 2.91. The maximum absolute atomic E-state index is 12.5. The van der Waals surface area contributed by atoms with Crippen LogP contribution in [0.5, 0.6) is 0 Å². The maximum Gasteiger partial charge on any atom is 0.253 e. The Morgan fingerprint density at radius 2 is 1.68 bits per heavy atom. The van der Waals surface area contributed by atoms with Gasteiger partial charge in [-0.1, -0.05) is 42.5 Å². The first-order chi connectivity index (χ1) is 12.3. The van der Waals surface area contributed by atoms with Crippen molar-refractivity contribution in [2.75, 3.05) is 32.7 Å². The topological polar surface area (TPSA) is 47.3 Å². The molecule has 0 bridgehead atoms. The van der Waals surface area contributed by atoms with E-state index < -0.39 is 0 Å². The summed E-state index contributed by atoms with van der Waals surface area (Å²) in [5, 5.41) is 8.83. The third-order valence-corrected chi connectivity index (χ3v) is 4.39. The summed E-state index contributed by atoms with van der Waals surface area (Å²) in [5.41, 5.74) is 2.43. The third kappa shape index (κ3) is 4.56. The van der Waals surface area contributed by atoms with Gasteiger partial charge in [-0.2, -0.15) is 5.26 Å². The van der Waals surface area contributed by atoms with Gasteiger partial charge < -0.3 is 4.90 Å². The molecule has 0 radical (unpaired) electrons. The molecule has 1 aliphatic rings. The Kier molecular flexibility index (Phi) is 5.61. The van der Waals surface area contributed by atoms with Gasteiger partial charge in [0.25, 0.3) is 5.91 Å². The summed E-state index contributed by atoms with van der Waals surface area (Å²) in [5.74, 6) is 0.0453. The minimum atomic E-state index is 0.0453. The molecular formula is C21H21N3O. The fourth-order valence-electron chi connectivity index (χ4n) is 2.91. The molecule has 1 amide bonds. The second-order valence-electron chi connectivity index (χ2n) is 6.10.